The molecule has 0 amide bonds. The van der Waals surface area contributed by atoms with Crippen molar-refractivity contribution in [2.75, 3.05) is 0 Å². The van der Waals surface area contributed by atoms with Crippen LogP contribution in [0.25, 0.3) is 0 Å². The molecule has 3 heteroatoms. The van der Waals surface area contributed by atoms with Crippen LogP contribution in [0.15, 0.2) is 0 Å². The number of rotatable bonds is 2. The molecule has 2 rings (SSSR count). The second-order valence-corrected chi connectivity index (χ2v) is 3.88. The molecule has 0 radical (unpaired) electrons. The molecule has 0 spiro atoms. The minimum absolute atomic E-state index is 0.481. The molecule has 0 atom stereocenters. The molecule has 0 aromatic carbocycles. The van der Waals surface area contributed by atoms with E-state index in [1.807, 2.05) is 11.7 Å². The van der Waals surface area contributed by atoms with E-state index in [0.717, 1.165) is 11.6 Å². The Kier molecular flexibility index (Phi) is 1.67. The molecule has 0 bridgehead atoms. The maximum Gasteiger partial charge on any atom is 0.154 e. The van der Waals surface area contributed by atoms with E-state index in [1.165, 1.54) is 12.8 Å². The van der Waals surface area contributed by atoms with Crippen LogP contribution in [0.3, 0.4) is 0 Å². The van der Waals surface area contributed by atoms with Gasteiger partial charge in [-0.15, -0.1) is 0 Å². The summed E-state index contributed by atoms with van der Waals surface area (Å²) >= 11 is 0. The normalized spacial score (nSPS) is 17.3. The van der Waals surface area contributed by atoms with E-state index in [0.29, 0.717) is 11.8 Å². The highest BCUT2D eigenvalue weighted by atomic mass is 15.3. The number of aryl methyl sites for hydroxylation is 1. The molecule has 12 heavy (non-hydrogen) atoms. The van der Waals surface area contributed by atoms with E-state index in [-0.39, 0.29) is 0 Å². The number of nitrogens with zero attached hydrogens (tertiary/aromatic N) is 3. The van der Waals surface area contributed by atoms with Gasteiger partial charge in [0.25, 0.3) is 0 Å². The Balaban J connectivity index is 2.30. The van der Waals surface area contributed by atoms with Crippen molar-refractivity contribution in [3.63, 3.8) is 0 Å². The van der Waals surface area contributed by atoms with Gasteiger partial charge in [-0.2, -0.15) is 5.10 Å². The zero-order valence-electron chi connectivity index (χ0n) is 7.91. The molecule has 1 aliphatic carbocycles. The van der Waals surface area contributed by atoms with E-state index >= 15 is 0 Å². The van der Waals surface area contributed by atoms with Gasteiger partial charge < -0.3 is 0 Å². The number of hydrogen-bond acceptors (Lipinski definition) is 2. The Morgan fingerprint density at radius 3 is 2.50 bits per heavy atom. The summed E-state index contributed by atoms with van der Waals surface area (Å²) in [4.78, 5) is 4.52. The second kappa shape index (κ2) is 2.57. The van der Waals surface area contributed by atoms with Crippen molar-refractivity contribution < 1.29 is 0 Å². The maximum absolute atomic E-state index is 4.52. The van der Waals surface area contributed by atoms with E-state index < -0.39 is 0 Å². The average molecular weight is 165 g/mol. The average Bonchev–Trinajstić information content (AvgIpc) is 2.75. The Bertz CT molecular complexity index is 284. The molecular weight excluding hydrogens is 150 g/mol. The third-order valence-corrected chi connectivity index (χ3v) is 2.27. The molecule has 1 aromatic rings. The van der Waals surface area contributed by atoms with Crippen molar-refractivity contribution in [2.24, 2.45) is 7.05 Å². The summed E-state index contributed by atoms with van der Waals surface area (Å²) in [5.41, 5.74) is 0. The summed E-state index contributed by atoms with van der Waals surface area (Å²) in [7, 11) is 1.98. The summed E-state index contributed by atoms with van der Waals surface area (Å²) in [6.45, 7) is 4.31. The quantitative estimate of drug-likeness (QED) is 0.669. The molecule has 1 heterocycles. The molecule has 3 nitrogen and oxygen atoms in total. The lowest BCUT2D eigenvalue weighted by atomic mass is 10.2. The van der Waals surface area contributed by atoms with Gasteiger partial charge in [-0.1, -0.05) is 13.8 Å². The largest absolute Gasteiger partial charge is 0.253 e. The molecule has 1 aliphatic rings. The standard InChI is InChI=1S/C9H15N3/c1-6(2)9-10-8(7-4-5-7)11-12(9)3/h6-7H,4-5H2,1-3H3. The molecular formula is C9H15N3. The van der Waals surface area contributed by atoms with Crippen molar-refractivity contribution in [3.05, 3.63) is 11.6 Å². The van der Waals surface area contributed by atoms with Crippen molar-refractivity contribution in [1.82, 2.24) is 14.8 Å². The Hall–Kier alpha value is -0.860. The van der Waals surface area contributed by atoms with Crippen LogP contribution in [0.1, 0.15) is 50.2 Å². The highest BCUT2D eigenvalue weighted by Crippen LogP contribution is 2.38. The van der Waals surface area contributed by atoms with Crippen LogP contribution in [0.4, 0.5) is 0 Å². The number of hydrogen-bond donors (Lipinski definition) is 0. The van der Waals surface area contributed by atoms with E-state index in [4.69, 9.17) is 0 Å². The molecule has 1 fully saturated rings. The molecule has 0 aliphatic heterocycles. The lowest BCUT2D eigenvalue weighted by Gasteiger charge is -2.00. The first-order chi connectivity index (χ1) is 5.68. The molecule has 66 valence electrons. The minimum atomic E-state index is 0.481. The van der Waals surface area contributed by atoms with Gasteiger partial charge in [0.1, 0.15) is 5.82 Å². The van der Waals surface area contributed by atoms with Gasteiger partial charge in [-0.3, -0.25) is 4.68 Å². The third kappa shape index (κ3) is 1.24. The summed E-state index contributed by atoms with van der Waals surface area (Å²) in [6.07, 6.45) is 2.56. The fourth-order valence-electron chi connectivity index (χ4n) is 1.43. The van der Waals surface area contributed by atoms with Crippen LogP contribution in [0, 0.1) is 0 Å². The molecule has 1 aromatic heterocycles. The van der Waals surface area contributed by atoms with Crippen LogP contribution in [0.2, 0.25) is 0 Å². The van der Waals surface area contributed by atoms with Crippen LogP contribution in [-0.4, -0.2) is 14.8 Å². The van der Waals surface area contributed by atoms with Gasteiger partial charge in [-0.25, -0.2) is 4.98 Å². The lowest BCUT2D eigenvalue weighted by molar-refractivity contribution is 0.652. The SMILES string of the molecule is CC(C)c1nc(C2CC2)nn1C. The van der Waals surface area contributed by atoms with Gasteiger partial charge in [0, 0.05) is 18.9 Å². The highest BCUT2D eigenvalue weighted by Gasteiger charge is 2.28. The zero-order chi connectivity index (χ0) is 8.72. The van der Waals surface area contributed by atoms with Crippen LogP contribution >= 0.6 is 0 Å². The first-order valence-electron chi connectivity index (χ1n) is 4.59. The Morgan fingerprint density at radius 2 is 2.08 bits per heavy atom. The molecule has 0 N–H and O–H groups in total. The van der Waals surface area contributed by atoms with Gasteiger partial charge in [-0.05, 0) is 12.8 Å². The van der Waals surface area contributed by atoms with Gasteiger partial charge in [0.2, 0.25) is 0 Å². The van der Waals surface area contributed by atoms with Crippen LogP contribution in [-0.2, 0) is 7.05 Å². The minimum Gasteiger partial charge on any atom is -0.253 e. The van der Waals surface area contributed by atoms with Crippen molar-refractivity contribution in [2.45, 2.75) is 38.5 Å². The summed E-state index contributed by atoms with van der Waals surface area (Å²) in [6, 6.07) is 0. The van der Waals surface area contributed by atoms with E-state index in [1.54, 1.807) is 0 Å². The summed E-state index contributed by atoms with van der Waals surface area (Å²) in [5.74, 6) is 3.32. The molecule has 0 saturated heterocycles. The zero-order valence-corrected chi connectivity index (χ0v) is 7.91. The monoisotopic (exact) mass is 165 g/mol. The second-order valence-electron chi connectivity index (χ2n) is 3.88. The van der Waals surface area contributed by atoms with Crippen molar-refractivity contribution in [1.29, 1.82) is 0 Å². The smallest absolute Gasteiger partial charge is 0.154 e. The first-order valence-corrected chi connectivity index (χ1v) is 4.59. The van der Waals surface area contributed by atoms with Crippen LogP contribution in [0.5, 0.6) is 0 Å². The van der Waals surface area contributed by atoms with E-state index in [2.05, 4.69) is 23.9 Å². The predicted octanol–water partition coefficient (Wildman–Crippen LogP) is 1.82. The van der Waals surface area contributed by atoms with Gasteiger partial charge in [0.15, 0.2) is 5.82 Å². The fraction of sp³-hybridized carbons (Fsp3) is 0.778. The Labute approximate surface area is 72.8 Å². The summed E-state index contributed by atoms with van der Waals surface area (Å²) in [5, 5.41) is 4.40. The predicted molar refractivity (Wildman–Crippen MR) is 47.1 cm³/mol. The highest BCUT2D eigenvalue weighted by molar-refractivity contribution is 5.07. The number of aromatic nitrogens is 3. The topological polar surface area (TPSA) is 30.7 Å². The van der Waals surface area contributed by atoms with Gasteiger partial charge >= 0.3 is 0 Å². The van der Waals surface area contributed by atoms with Crippen LogP contribution < -0.4 is 0 Å². The molecule has 0 unspecified atom stereocenters. The molecule has 1 saturated carbocycles. The first kappa shape index (κ1) is 7.77. The van der Waals surface area contributed by atoms with Crippen molar-refractivity contribution in [3.8, 4) is 0 Å². The van der Waals surface area contributed by atoms with Crippen molar-refractivity contribution >= 4 is 0 Å². The summed E-state index contributed by atoms with van der Waals surface area (Å²) < 4.78 is 1.92. The van der Waals surface area contributed by atoms with Gasteiger partial charge in [0.05, 0.1) is 0 Å². The van der Waals surface area contributed by atoms with E-state index in [9.17, 15) is 0 Å². The maximum atomic E-state index is 4.52. The Morgan fingerprint density at radius 1 is 1.42 bits per heavy atom. The third-order valence-electron chi connectivity index (χ3n) is 2.27. The lowest BCUT2D eigenvalue weighted by Crippen LogP contribution is -2.00. The fourth-order valence-corrected chi connectivity index (χ4v) is 1.43.